The first-order chi connectivity index (χ1) is 11.1. The zero-order valence-corrected chi connectivity index (χ0v) is 12.8. The number of nitrogens with one attached hydrogen (secondary N) is 1. The molecule has 0 aliphatic heterocycles. The summed E-state index contributed by atoms with van der Waals surface area (Å²) in [6, 6.07) is 17.3. The highest BCUT2D eigenvalue weighted by molar-refractivity contribution is 6.30. The van der Waals surface area contributed by atoms with E-state index in [0.717, 1.165) is 0 Å². The van der Waals surface area contributed by atoms with Gasteiger partial charge in [-0.1, -0.05) is 41.9 Å². The number of rotatable bonds is 4. The fraction of sp³-hybridized carbons (Fsp3) is 0.0556. The fourth-order valence-corrected chi connectivity index (χ4v) is 2.46. The van der Waals surface area contributed by atoms with Crippen molar-refractivity contribution in [1.82, 2.24) is 0 Å². The van der Waals surface area contributed by atoms with Gasteiger partial charge in [0.05, 0.1) is 6.26 Å². The molecular weight excluding hydrogens is 314 g/mol. The van der Waals surface area contributed by atoms with Gasteiger partial charge in [0.15, 0.2) is 5.76 Å². The second-order valence-corrected chi connectivity index (χ2v) is 5.41. The average molecular weight is 328 g/mol. The van der Waals surface area contributed by atoms with Crippen LogP contribution in [0, 0.1) is 0 Å². The van der Waals surface area contributed by atoms with Crippen molar-refractivity contribution in [2.45, 2.75) is 6.10 Å². The van der Waals surface area contributed by atoms with Crippen molar-refractivity contribution in [2.75, 3.05) is 5.32 Å². The Balaban J connectivity index is 1.93. The van der Waals surface area contributed by atoms with Gasteiger partial charge >= 0.3 is 0 Å². The molecule has 116 valence electrons. The summed E-state index contributed by atoms with van der Waals surface area (Å²) in [7, 11) is 0. The van der Waals surface area contributed by atoms with Crippen LogP contribution in [-0.4, -0.2) is 11.0 Å². The van der Waals surface area contributed by atoms with Gasteiger partial charge in [-0.15, -0.1) is 0 Å². The molecular formula is C18H14ClNO3. The van der Waals surface area contributed by atoms with Gasteiger partial charge < -0.3 is 14.8 Å². The Bertz CT molecular complexity index is 800. The van der Waals surface area contributed by atoms with E-state index in [1.807, 2.05) is 30.3 Å². The molecule has 0 aliphatic carbocycles. The molecule has 0 saturated heterocycles. The third kappa shape index (κ3) is 3.44. The number of halogens is 1. The molecule has 5 heteroatoms. The number of anilines is 1. The summed E-state index contributed by atoms with van der Waals surface area (Å²) in [4.78, 5) is 12.2. The molecule has 1 amide bonds. The standard InChI is InChI=1S/C18H14ClNO3/c19-13-8-9-15(20-18(22)16-7-4-10-23-16)14(11-13)17(21)12-5-2-1-3-6-12/h1-11,17,21H,(H,20,22)/t17-/m1/s1. The van der Waals surface area contributed by atoms with E-state index in [0.29, 0.717) is 21.8 Å². The zero-order chi connectivity index (χ0) is 16.2. The maximum atomic E-state index is 12.2. The van der Waals surface area contributed by atoms with Crippen LogP contribution in [-0.2, 0) is 0 Å². The highest BCUT2D eigenvalue weighted by atomic mass is 35.5. The summed E-state index contributed by atoms with van der Waals surface area (Å²) < 4.78 is 5.08. The van der Waals surface area contributed by atoms with Gasteiger partial charge in [-0.25, -0.2) is 0 Å². The largest absolute Gasteiger partial charge is 0.459 e. The first kappa shape index (κ1) is 15.3. The first-order valence-electron chi connectivity index (χ1n) is 7.02. The van der Waals surface area contributed by atoms with Crippen LogP contribution >= 0.6 is 11.6 Å². The van der Waals surface area contributed by atoms with E-state index in [2.05, 4.69) is 5.32 Å². The van der Waals surface area contributed by atoms with Crippen molar-refractivity contribution in [3.63, 3.8) is 0 Å². The minimum atomic E-state index is -0.901. The molecule has 0 spiro atoms. The number of carbonyl (C=O) groups is 1. The normalized spacial score (nSPS) is 11.9. The molecule has 23 heavy (non-hydrogen) atoms. The minimum Gasteiger partial charge on any atom is -0.459 e. The molecule has 3 rings (SSSR count). The lowest BCUT2D eigenvalue weighted by molar-refractivity contribution is 0.0996. The Labute approximate surface area is 138 Å². The van der Waals surface area contributed by atoms with Gasteiger partial charge in [-0.2, -0.15) is 0 Å². The molecule has 0 aliphatic rings. The SMILES string of the molecule is O=C(Nc1ccc(Cl)cc1[C@H](O)c1ccccc1)c1ccco1. The second-order valence-electron chi connectivity index (χ2n) is 4.98. The number of carbonyl (C=O) groups excluding carboxylic acids is 1. The maximum Gasteiger partial charge on any atom is 0.291 e. The summed E-state index contributed by atoms with van der Waals surface area (Å²) >= 11 is 6.04. The Morgan fingerprint density at radius 3 is 2.57 bits per heavy atom. The zero-order valence-electron chi connectivity index (χ0n) is 12.1. The van der Waals surface area contributed by atoms with Crippen molar-refractivity contribution in [2.24, 2.45) is 0 Å². The van der Waals surface area contributed by atoms with E-state index in [-0.39, 0.29) is 11.7 Å². The van der Waals surface area contributed by atoms with Crippen molar-refractivity contribution in [3.05, 3.63) is 88.8 Å². The van der Waals surface area contributed by atoms with E-state index < -0.39 is 6.10 Å². The Morgan fingerprint density at radius 1 is 1.09 bits per heavy atom. The molecule has 1 heterocycles. The number of hydrogen-bond donors (Lipinski definition) is 2. The fourth-order valence-electron chi connectivity index (χ4n) is 2.28. The number of aliphatic hydroxyl groups excluding tert-OH is 1. The molecule has 2 N–H and O–H groups in total. The Hall–Kier alpha value is -2.56. The van der Waals surface area contributed by atoms with Crippen LogP contribution in [0.3, 0.4) is 0 Å². The van der Waals surface area contributed by atoms with Gasteiger partial charge in [-0.05, 0) is 35.9 Å². The van der Waals surface area contributed by atoms with Crippen LogP contribution in [0.1, 0.15) is 27.8 Å². The van der Waals surface area contributed by atoms with E-state index in [4.69, 9.17) is 16.0 Å². The minimum absolute atomic E-state index is 0.195. The molecule has 0 unspecified atom stereocenters. The van der Waals surface area contributed by atoms with Crippen molar-refractivity contribution < 1.29 is 14.3 Å². The molecule has 1 atom stereocenters. The van der Waals surface area contributed by atoms with E-state index >= 15 is 0 Å². The molecule has 1 aromatic heterocycles. The number of hydrogen-bond acceptors (Lipinski definition) is 3. The molecule has 0 saturated carbocycles. The predicted molar refractivity (Wildman–Crippen MR) is 88.6 cm³/mol. The van der Waals surface area contributed by atoms with E-state index in [9.17, 15) is 9.90 Å². The smallest absolute Gasteiger partial charge is 0.291 e. The lowest BCUT2D eigenvalue weighted by Gasteiger charge is -2.17. The highest BCUT2D eigenvalue weighted by Crippen LogP contribution is 2.31. The van der Waals surface area contributed by atoms with Crippen LogP contribution < -0.4 is 5.32 Å². The van der Waals surface area contributed by atoms with Crippen molar-refractivity contribution in [3.8, 4) is 0 Å². The van der Waals surface area contributed by atoms with Gasteiger partial charge in [-0.3, -0.25) is 4.79 Å². The number of furan rings is 1. The van der Waals surface area contributed by atoms with Gasteiger partial charge in [0.2, 0.25) is 0 Å². The van der Waals surface area contributed by atoms with Crippen LogP contribution in [0.25, 0.3) is 0 Å². The van der Waals surface area contributed by atoms with Crippen LogP contribution in [0.2, 0.25) is 5.02 Å². The molecule has 4 nitrogen and oxygen atoms in total. The molecule has 2 aromatic carbocycles. The van der Waals surface area contributed by atoms with Crippen molar-refractivity contribution >= 4 is 23.2 Å². The number of benzene rings is 2. The van der Waals surface area contributed by atoms with E-state index in [1.54, 1.807) is 30.3 Å². The van der Waals surface area contributed by atoms with Crippen LogP contribution in [0.4, 0.5) is 5.69 Å². The average Bonchev–Trinajstić information content (AvgIpc) is 3.11. The van der Waals surface area contributed by atoms with Gasteiger partial charge in [0.1, 0.15) is 6.10 Å². The predicted octanol–water partition coefficient (Wildman–Crippen LogP) is 4.27. The molecule has 0 bridgehead atoms. The Kier molecular flexibility index (Phi) is 4.46. The second kappa shape index (κ2) is 6.69. The van der Waals surface area contributed by atoms with Crippen LogP contribution in [0.15, 0.2) is 71.3 Å². The summed E-state index contributed by atoms with van der Waals surface area (Å²) in [6.07, 6.45) is 0.526. The molecule has 3 aromatic rings. The first-order valence-corrected chi connectivity index (χ1v) is 7.40. The number of aliphatic hydroxyl groups is 1. The summed E-state index contributed by atoms with van der Waals surface area (Å²) in [5.74, 6) is -0.195. The van der Waals surface area contributed by atoms with Crippen molar-refractivity contribution in [1.29, 1.82) is 0 Å². The third-order valence-corrected chi connectivity index (χ3v) is 3.65. The molecule has 0 radical (unpaired) electrons. The highest BCUT2D eigenvalue weighted by Gasteiger charge is 2.18. The molecule has 0 fully saturated rings. The lowest BCUT2D eigenvalue weighted by Crippen LogP contribution is -2.14. The number of amides is 1. The van der Waals surface area contributed by atoms with Crippen LogP contribution in [0.5, 0.6) is 0 Å². The van der Waals surface area contributed by atoms with E-state index in [1.165, 1.54) is 6.26 Å². The Morgan fingerprint density at radius 2 is 1.87 bits per heavy atom. The summed E-state index contributed by atoms with van der Waals surface area (Å²) in [6.45, 7) is 0. The summed E-state index contributed by atoms with van der Waals surface area (Å²) in [5, 5.41) is 13.8. The topological polar surface area (TPSA) is 62.5 Å². The third-order valence-electron chi connectivity index (χ3n) is 3.42. The summed E-state index contributed by atoms with van der Waals surface area (Å²) in [5.41, 5.74) is 1.71. The quantitative estimate of drug-likeness (QED) is 0.752. The lowest BCUT2D eigenvalue weighted by atomic mass is 10.00. The van der Waals surface area contributed by atoms with Gasteiger partial charge in [0.25, 0.3) is 5.91 Å². The van der Waals surface area contributed by atoms with Gasteiger partial charge in [0, 0.05) is 16.3 Å². The monoisotopic (exact) mass is 327 g/mol. The maximum absolute atomic E-state index is 12.2.